The summed E-state index contributed by atoms with van der Waals surface area (Å²) in [5.41, 5.74) is 0.987. The Kier molecular flexibility index (Phi) is 4.48. The van der Waals surface area contributed by atoms with Gasteiger partial charge in [-0.2, -0.15) is 0 Å². The van der Waals surface area contributed by atoms with Gasteiger partial charge in [-0.1, -0.05) is 23.9 Å². The fourth-order valence-corrected chi connectivity index (χ4v) is 2.79. The highest BCUT2D eigenvalue weighted by Gasteiger charge is 2.16. The molecule has 0 fully saturated rings. The van der Waals surface area contributed by atoms with E-state index in [9.17, 15) is 4.79 Å². The standard InChI is InChI=1S/C16H16N2O3S/c1-11(12-5-6-13-14(8-12)21-10-20-13)18-15(19)9-22-16-4-2-3-7-17-16/h2-8,11H,9-10H2,1H3,(H,18,19)/t11-/m1/s1. The molecule has 5 nitrogen and oxygen atoms in total. The van der Waals surface area contributed by atoms with Crippen molar-refractivity contribution >= 4 is 17.7 Å². The van der Waals surface area contributed by atoms with Gasteiger partial charge in [-0.05, 0) is 36.8 Å². The van der Waals surface area contributed by atoms with Gasteiger partial charge in [0.2, 0.25) is 12.7 Å². The van der Waals surface area contributed by atoms with Gasteiger partial charge in [-0.15, -0.1) is 0 Å². The van der Waals surface area contributed by atoms with Crippen LogP contribution in [0.5, 0.6) is 11.5 Å². The number of amides is 1. The molecule has 6 heteroatoms. The third kappa shape index (κ3) is 3.51. The Morgan fingerprint density at radius 3 is 3.00 bits per heavy atom. The van der Waals surface area contributed by atoms with Crippen molar-refractivity contribution in [3.8, 4) is 11.5 Å². The lowest BCUT2D eigenvalue weighted by Gasteiger charge is -2.14. The maximum Gasteiger partial charge on any atom is 0.231 e. The molecule has 0 radical (unpaired) electrons. The molecule has 2 aromatic rings. The van der Waals surface area contributed by atoms with Crippen LogP contribution in [-0.4, -0.2) is 23.4 Å². The van der Waals surface area contributed by atoms with Crippen LogP contribution in [0.1, 0.15) is 18.5 Å². The molecule has 0 saturated heterocycles. The van der Waals surface area contributed by atoms with Gasteiger partial charge < -0.3 is 14.8 Å². The van der Waals surface area contributed by atoms with E-state index in [0.717, 1.165) is 22.1 Å². The van der Waals surface area contributed by atoms with Crippen LogP contribution < -0.4 is 14.8 Å². The predicted molar refractivity (Wildman–Crippen MR) is 84.1 cm³/mol. The molecule has 0 saturated carbocycles. The highest BCUT2D eigenvalue weighted by Crippen LogP contribution is 2.34. The molecule has 2 heterocycles. The number of rotatable bonds is 5. The van der Waals surface area contributed by atoms with Crippen LogP contribution in [-0.2, 0) is 4.79 Å². The average molecular weight is 316 g/mol. The van der Waals surface area contributed by atoms with E-state index < -0.39 is 0 Å². The second-order valence-corrected chi connectivity index (χ2v) is 5.85. The first-order valence-electron chi connectivity index (χ1n) is 6.95. The van der Waals surface area contributed by atoms with Crippen LogP contribution in [0.25, 0.3) is 0 Å². The van der Waals surface area contributed by atoms with E-state index >= 15 is 0 Å². The molecule has 22 heavy (non-hydrogen) atoms. The van der Waals surface area contributed by atoms with Gasteiger partial charge in [0.05, 0.1) is 16.8 Å². The van der Waals surface area contributed by atoms with Crippen molar-refractivity contribution in [3.63, 3.8) is 0 Å². The van der Waals surface area contributed by atoms with E-state index in [1.165, 1.54) is 11.8 Å². The minimum atomic E-state index is -0.0914. The quantitative estimate of drug-likeness (QED) is 0.860. The zero-order chi connectivity index (χ0) is 15.4. The smallest absolute Gasteiger partial charge is 0.231 e. The van der Waals surface area contributed by atoms with Crippen molar-refractivity contribution in [2.45, 2.75) is 18.0 Å². The number of pyridine rings is 1. The Hall–Kier alpha value is -2.21. The molecule has 1 aromatic heterocycles. The van der Waals surface area contributed by atoms with E-state index in [0.29, 0.717) is 5.75 Å². The molecular weight excluding hydrogens is 300 g/mol. The molecule has 0 aliphatic carbocycles. The molecule has 1 aliphatic rings. The molecular formula is C16H16N2O3S. The summed E-state index contributed by atoms with van der Waals surface area (Å²) in [5.74, 6) is 1.78. The Balaban J connectivity index is 1.55. The number of carbonyl (C=O) groups is 1. The summed E-state index contributed by atoms with van der Waals surface area (Å²) in [4.78, 5) is 16.2. The minimum absolute atomic E-state index is 0.0270. The Labute approximate surface area is 133 Å². The summed E-state index contributed by atoms with van der Waals surface area (Å²) >= 11 is 1.42. The summed E-state index contributed by atoms with van der Waals surface area (Å²) < 4.78 is 10.6. The lowest BCUT2D eigenvalue weighted by atomic mass is 10.1. The van der Waals surface area contributed by atoms with E-state index in [1.807, 2.05) is 43.3 Å². The van der Waals surface area contributed by atoms with E-state index in [4.69, 9.17) is 9.47 Å². The van der Waals surface area contributed by atoms with Gasteiger partial charge >= 0.3 is 0 Å². The SMILES string of the molecule is C[C@@H](NC(=O)CSc1ccccn1)c1ccc2c(c1)OCO2. The number of fused-ring (bicyclic) bond motifs is 1. The van der Waals surface area contributed by atoms with Gasteiger partial charge in [0.15, 0.2) is 11.5 Å². The van der Waals surface area contributed by atoms with E-state index in [-0.39, 0.29) is 18.7 Å². The number of nitrogens with one attached hydrogen (secondary N) is 1. The van der Waals surface area contributed by atoms with Gasteiger partial charge in [-0.25, -0.2) is 4.98 Å². The number of ether oxygens (including phenoxy) is 2. The van der Waals surface area contributed by atoms with Crippen molar-refractivity contribution in [2.24, 2.45) is 0 Å². The summed E-state index contributed by atoms with van der Waals surface area (Å²) in [5, 5.41) is 3.81. The van der Waals surface area contributed by atoms with Crippen LogP contribution in [0.2, 0.25) is 0 Å². The molecule has 1 amide bonds. The van der Waals surface area contributed by atoms with Crippen molar-refractivity contribution in [3.05, 3.63) is 48.2 Å². The van der Waals surface area contributed by atoms with Crippen LogP contribution in [0, 0.1) is 0 Å². The zero-order valence-corrected chi connectivity index (χ0v) is 12.9. The van der Waals surface area contributed by atoms with Crippen LogP contribution in [0.3, 0.4) is 0 Å². The zero-order valence-electron chi connectivity index (χ0n) is 12.1. The minimum Gasteiger partial charge on any atom is -0.454 e. The van der Waals surface area contributed by atoms with Gasteiger partial charge in [-0.3, -0.25) is 4.79 Å². The molecule has 114 valence electrons. The molecule has 0 bridgehead atoms. The Morgan fingerprint density at radius 1 is 1.32 bits per heavy atom. The lowest BCUT2D eigenvalue weighted by Crippen LogP contribution is -2.28. The summed E-state index contributed by atoms with van der Waals surface area (Å²) in [6, 6.07) is 11.3. The monoisotopic (exact) mass is 316 g/mol. The van der Waals surface area contributed by atoms with Gasteiger partial charge in [0, 0.05) is 6.20 Å². The van der Waals surface area contributed by atoms with Crippen LogP contribution >= 0.6 is 11.8 Å². The molecule has 1 N–H and O–H groups in total. The maximum absolute atomic E-state index is 12.0. The van der Waals surface area contributed by atoms with Crippen molar-refractivity contribution in [1.82, 2.24) is 10.3 Å². The predicted octanol–water partition coefficient (Wildman–Crippen LogP) is 2.78. The van der Waals surface area contributed by atoms with Crippen molar-refractivity contribution in [1.29, 1.82) is 0 Å². The summed E-state index contributed by atoms with van der Waals surface area (Å²) in [7, 11) is 0. The molecule has 3 rings (SSSR count). The highest BCUT2D eigenvalue weighted by atomic mass is 32.2. The number of thioether (sulfide) groups is 1. The van der Waals surface area contributed by atoms with Gasteiger partial charge in [0.1, 0.15) is 0 Å². The molecule has 0 unspecified atom stereocenters. The first kappa shape index (κ1) is 14.7. The van der Waals surface area contributed by atoms with E-state index in [2.05, 4.69) is 10.3 Å². The number of hydrogen-bond donors (Lipinski definition) is 1. The number of nitrogens with zero attached hydrogens (tertiary/aromatic N) is 1. The molecule has 1 atom stereocenters. The third-order valence-corrected chi connectivity index (χ3v) is 4.21. The maximum atomic E-state index is 12.0. The Bertz CT molecular complexity index is 664. The van der Waals surface area contributed by atoms with Crippen molar-refractivity contribution in [2.75, 3.05) is 12.5 Å². The topological polar surface area (TPSA) is 60.5 Å². The van der Waals surface area contributed by atoms with Crippen LogP contribution in [0.4, 0.5) is 0 Å². The van der Waals surface area contributed by atoms with Crippen LogP contribution in [0.15, 0.2) is 47.6 Å². The first-order chi connectivity index (χ1) is 10.7. The number of hydrogen-bond acceptors (Lipinski definition) is 5. The lowest BCUT2D eigenvalue weighted by molar-refractivity contribution is -0.119. The highest BCUT2D eigenvalue weighted by molar-refractivity contribution is 7.99. The fraction of sp³-hybridized carbons (Fsp3) is 0.250. The Morgan fingerprint density at radius 2 is 2.18 bits per heavy atom. The first-order valence-corrected chi connectivity index (χ1v) is 7.93. The molecule has 1 aliphatic heterocycles. The normalized spacial score (nSPS) is 13.7. The summed E-state index contributed by atoms with van der Waals surface area (Å²) in [6.07, 6.45) is 1.72. The summed E-state index contributed by atoms with van der Waals surface area (Å²) in [6.45, 7) is 2.20. The van der Waals surface area contributed by atoms with Gasteiger partial charge in [0.25, 0.3) is 0 Å². The third-order valence-electron chi connectivity index (χ3n) is 3.26. The largest absolute Gasteiger partial charge is 0.454 e. The number of aromatic nitrogens is 1. The average Bonchev–Trinajstić information content (AvgIpc) is 3.01. The number of carbonyl (C=O) groups excluding carboxylic acids is 1. The molecule has 1 aromatic carbocycles. The van der Waals surface area contributed by atoms with Crippen molar-refractivity contribution < 1.29 is 14.3 Å². The number of benzene rings is 1. The fourth-order valence-electron chi connectivity index (χ4n) is 2.12. The second kappa shape index (κ2) is 6.70. The van der Waals surface area contributed by atoms with E-state index in [1.54, 1.807) is 6.20 Å². The molecule has 0 spiro atoms. The second-order valence-electron chi connectivity index (χ2n) is 4.86.